The van der Waals surface area contributed by atoms with E-state index in [1.165, 1.54) is 0 Å². The molecule has 1 aliphatic rings. The van der Waals surface area contributed by atoms with Crippen molar-refractivity contribution in [3.8, 4) is 5.88 Å². The largest absolute Gasteiger partial charge is 0.472 e. The Kier molecular flexibility index (Phi) is 4.47. The molecule has 110 valence electrons. The molecule has 5 nitrogen and oxygen atoms in total. The van der Waals surface area contributed by atoms with Crippen LogP contribution in [0.1, 0.15) is 32.8 Å². The van der Waals surface area contributed by atoms with Gasteiger partial charge >= 0.3 is 0 Å². The molecule has 0 fully saturated rings. The Bertz CT molecular complexity index is 462. The highest BCUT2D eigenvalue weighted by Gasteiger charge is 2.13. The van der Waals surface area contributed by atoms with Crippen LogP contribution < -0.4 is 10.1 Å². The van der Waals surface area contributed by atoms with Crippen molar-refractivity contribution in [2.75, 3.05) is 20.1 Å². The summed E-state index contributed by atoms with van der Waals surface area (Å²) in [5, 5.41) is 3.35. The minimum absolute atomic E-state index is 0.216. The fourth-order valence-electron chi connectivity index (χ4n) is 1.98. The molecule has 1 aromatic rings. The summed E-state index contributed by atoms with van der Waals surface area (Å²) in [7, 11) is 2.06. The minimum atomic E-state index is -0.216. The van der Waals surface area contributed by atoms with Crippen molar-refractivity contribution in [1.29, 1.82) is 0 Å². The van der Waals surface area contributed by atoms with Crippen molar-refractivity contribution in [2.45, 2.75) is 39.3 Å². The van der Waals surface area contributed by atoms with Crippen LogP contribution in [0, 0.1) is 0 Å². The molecule has 0 spiro atoms. The van der Waals surface area contributed by atoms with E-state index in [4.69, 9.17) is 4.74 Å². The van der Waals surface area contributed by atoms with E-state index in [-0.39, 0.29) is 5.60 Å². The molecule has 0 atom stereocenters. The van der Waals surface area contributed by atoms with Gasteiger partial charge < -0.3 is 15.0 Å². The standard InChI is InChI=1S/C15H24N4O/c1-15(2,3)20-13-7-6-12(10-17-13)11-18-14-16-8-5-9-19(14)4/h6-7,10H,5,8-9,11H2,1-4H3,(H,16,18). The van der Waals surface area contributed by atoms with Crippen LogP contribution in [-0.4, -0.2) is 41.6 Å². The van der Waals surface area contributed by atoms with E-state index in [0.29, 0.717) is 5.88 Å². The van der Waals surface area contributed by atoms with Crippen LogP contribution in [0.3, 0.4) is 0 Å². The highest BCUT2D eigenvalue weighted by Crippen LogP contribution is 2.15. The van der Waals surface area contributed by atoms with Gasteiger partial charge in [-0.2, -0.15) is 0 Å². The Morgan fingerprint density at radius 1 is 1.35 bits per heavy atom. The van der Waals surface area contributed by atoms with E-state index in [1.54, 1.807) is 0 Å². The second kappa shape index (κ2) is 6.11. The first-order valence-electron chi connectivity index (χ1n) is 7.07. The van der Waals surface area contributed by atoms with Crippen molar-refractivity contribution in [2.24, 2.45) is 4.99 Å². The van der Waals surface area contributed by atoms with Crippen molar-refractivity contribution in [3.63, 3.8) is 0 Å². The number of nitrogens with zero attached hydrogens (tertiary/aromatic N) is 3. The van der Waals surface area contributed by atoms with Crippen LogP contribution in [0.25, 0.3) is 0 Å². The summed E-state index contributed by atoms with van der Waals surface area (Å²) >= 11 is 0. The minimum Gasteiger partial charge on any atom is -0.472 e. The summed E-state index contributed by atoms with van der Waals surface area (Å²) < 4.78 is 5.70. The molecule has 1 aromatic heterocycles. The highest BCUT2D eigenvalue weighted by atomic mass is 16.5. The fourth-order valence-corrected chi connectivity index (χ4v) is 1.98. The second-order valence-electron chi connectivity index (χ2n) is 6.05. The maximum atomic E-state index is 5.70. The molecule has 0 unspecified atom stereocenters. The number of aliphatic imine (C=N–C) groups is 1. The van der Waals surface area contributed by atoms with Gasteiger partial charge in [-0.15, -0.1) is 0 Å². The van der Waals surface area contributed by atoms with Crippen LogP contribution in [0.5, 0.6) is 5.88 Å². The van der Waals surface area contributed by atoms with E-state index in [9.17, 15) is 0 Å². The van der Waals surface area contributed by atoms with E-state index in [2.05, 4.69) is 27.2 Å². The molecule has 0 aromatic carbocycles. The molecule has 1 N–H and O–H groups in total. The quantitative estimate of drug-likeness (QED) is 0.918. The van der Waals surface area contributed by atoms with Crippen LogP contribution in [-0.2, 0) is 6.54 Å². The second-order valence-corrected chi connectivity index (χ2v) is 6.05. The third-order valence-electron chi connectivity index (χ3n) is 2.93. The summed E-state index contributed by atoms with van der Waals surface area (Å²) in [6.45, 7) is 8.74. The molecule has 5 heteroatoms. The average Bonchev–Trinajstić information content (AvgIpc) is 2.38. The molecular weight excluding hydrogens is 252 g/mol. The lowest BCUT2D eigenvalue weighted by Gasteiger charge is -2.25. The van der Waals surface area contributed by atoms with Crippen LogP contribution in [0.2, 0.25) is 0 Å². The fraction of sp³-hybridized carbons (Fsp3) is 0.600. The molecule has 20 heavy (non-hydrogen) atoms. The van der Waals surface area contributed by atoms with Gasteiger partial charge in [-0.05, 0) is 32.8 Å². The SMILES string of the molecule is CN1CCCN=C1NCc1ccc(OC(C)(C)C)nc1. The summed E-state index contributed by atoms with van der Waals surface area (Å²) in [5.41, 5.74) is 0.902. The number of nitrogens with one attached hydrogen (secondary N) is 1. The predicted molar refractivity (Wildman–Crippen MR) is 81.0 cm³/mol. The number of hydrogen-bond acceptors (Lipinski definition) is 5. The predicted octanol–water partition coefficient (Wildman–Crippen LogP) is 2.04. The summed E-state index contributed by atoms with van der Waals surface area (Å²) in [5.74, 6) is 1.62. The Morgan fingerprint density at radius 2 is 2.15 bits per heavy atom. The number of guanidine groups is 1. The van der Waals surface area contributed by atoms with Gasteiger partial charge in [0.05, 0.1) is 0 Å². The Balaban J connectivity index is 1.89. The van der Waals surface area contributed by atoms with Crippen LogP contribution in [0.4, 0.5) is 0 Å². The van der Waals surface area contributed by atoms with Gasteiger partial charge in [0.1, 0.15) is 5.60 Å². The number of aromatic nitrogens is 1. The first-order valence-corrected chi connectivity index (χ1v) is 7.07. The van der Waals surface area contributed by atoms with Crippen molar-refractivity contribution >= 4 is 5.96 Å². The monoisotopic (exact) mass is 276 g/mol. The molecule has 2 heterocycles. The molecule has 2 rings (SSSR count). The van der Waals surface area contributed by atoms with E-state index < -0.39 is 0 Å². The number of rotatable bonds is 3. The van der Waals surface area contributed by atoms with Gasteiger partial charge in [0.25, 0.3) is 0 Å². The topological polar surface area (TPSA) is 49.8 Å². The van der Waals surface area contributed by atoms with Crippen LogP contribution in [0.15, 0.2) is 23.3 Å². The van der Waals surface area contributed by atoms with E-state index in [1.807, 2.05) is 39.1 Å². The van der Waals surface area contributed by atoms with Gasteiger partial charge in [-0.3, -0.25) is 4.99 Å². The average molecular weight is 276 g/mol. The zero-order valence-corrected chi connectivity index (χ0v) is 12.8. The molecule has 0 saturated carbocycles. The summed E-state index contributed by atoms with van der Waals surface area (Å²) in [4.78, 5) is 11.0. The smallest absolute Gasteiger partial charge is 0.213 e. The van der Waals surface area contributed by atoms with Crippen molar-refractivity contribution in [1.82, 2.24) is 15.2 Å². The Hall–Kier alpha value is -1.78. The molecule has 0 amide bonds. The van der Waals surface area contributed by atoms with Gasteiger partial charge in [0, 0.05) is 38.9 Å². The zero-order chi connectivity index (χ0) is 14.6. The molecule has 0 bridgehead atoms. The van der Waals surface area contributed by atoms with E-state index in [0.717, 1.165) is 37.6 Å². The lowest BCUT2D eigenvalue weighted by Crippen LogP contribution is -2.41. The molecule has 0 radical (unpaired) electrons. The van der Waals surface area contributed by atoms with Gasteiger partial charge in [0.15, 0.2) is 5.96 Å². The lowest BCUT2D eigenvalue weighted by atomic mass is 10.2. The van der Waals surface area contributed by atoms with Gasteiger partial charge in [-0.1, -0.05) is 6.07 Å². The van der Waals surface area contributed by atoms with Crippen molar-refractivity contribution < 1.29 is 4.74 Å². The van der Waals surface area contributed by atoms with Gasteiger partial charge in [-0.25, -0.2) is 4.98 Å². The number of hydrogen-bond donors (Lipinski definition) is 1. The van der Waals surface area contributed by atoms with Gasteiger partial charge in [0.2, 0.25) is 5.88 Å². The Labute approximate surface area is 121 Å². The normalized spacial score (nSPS) is 15.8. The number of ether oxygens (including phenoxy) is 1. The summed E-state index contributed by atoms with van der Waals surface area (Å²) in [6, 6.07) is 3.94. The first-order chi connectivity index (χ1) is 9.44. The number of pyridine rings is 1. The van der Waals surface area contributed by atoms with Crippen LogP contribution >= 0.6 is 0 Å². The Morgan fingerprint density at radius 3 is 2.75 bits per heavy atom. The highest BCUT2D eigenvalue weighted by molar-refractivity contribution is 5.80. The molecule has 1 aliphatic heterocycles. The molecular formula is C15H24N4O. The maximum Gasteiger partial charge on any atom is 0.213 e. The van der Waals surface area contributed by atoms with E-state index >= 15 is 0 Å². The molecule has 0 aliphatic carbocycles. The third kappa shape index (κ3) is 4.40. The van der Waals surface area contributed by atoms with Crippen molar-refractivity contribution in [3.05, 3.63) is 23.9 Å². The maximum absolute atomic E-state index is 5.70. The molecule has 0 saturated heterocycles. The lowest BCUT2D eigenvalue weighted by molar-refractivity contribution is 0.124. The third-order valence-corrected chi connectivity index (χ3v) is 2.93. The summed E-state index contributed by atoms with van der Waals surface area (Å²) in [6.07, 6.45) is 2.97. The zero-order valence-electron chi connectivity index (χ0n) is 12.8. The first kappa shape index (κ1) is 14.6.